The summed E-state index contributed by atoms with van der Waals surface area (Å²) in [6.07, 6.45) is 1.21. The van der Waals surface area contributed by atoms with Gasteiger partial charge in [-0.1, -0.05) is 30.6 Å². The van der Waals surface area contributed by atoms with Crippen molar-refractivity contribution >= 4 is 17.5 Å². The van der Waals surface area contributed by atoms with Crippen LogP contribution in [0.1, 0.15) is 41.6 Å². The third kappa shape index (κ3) is 3.51. The lowest BCUT2D eigenvalue weighted by Crippen LogP contribution is -2.23. The second kappa shape index (κ2) is 5.79. The monoisotopic (exact) mass is 280 g/mol. The lowest BCUT2D eigenvalue weighted by atomic mass is 10.1. The van der Waals surface area contributed by atoms with E-state index in [0.29, 0.717) is 16.5 Å². The Morgan fingerprint density at radius 1 is 1.47 bits per heavy atom. The van der Waals surface area contributed by atoms with E-state index in [1.807, 2.05) is 13.8 Å². The Labute approximate surface area is 115 Å². The molecule has 1 N–H and O–H groups in total. The van der Waals surface area contributed by atoms with Gasteiger partial charge in [-0.15, -0.1) is 0 Å². The number of halogens is 1. The van der Waals surface area contributed by atoms with Crippen LogP contribution in [0.2, 0.25) is 5.15 Å². The van der Waals surface area contributed by atoms with Crippen LogP contribution in [0.15, 0.2) is 23.0 Å². The van der Waals surface area contributed by atoms with Crippen molar-refractivity contribution in [2.75, 3.05) is 0 Å². The molecule has 2 heterocycles. The number of nitrogens with one attached hydrogen (secondary N) is 1. The van der Waals surface area contributed by atoms with Crippen LogP contribution in [-0.2, 0) is 6.54 Å². The summed E-state index contributed by atoms with van der Waals surface area (Å²) in [5, 5.41) is 6.59. The molecule has 0 aromatic carbocycles. The summed E-state index contributed by atoms with van der Waals surface area (Å²) in [6, 6.07) is 3.25. The normalized spacial score (nSPS) is 10.7. The molecule has 7 heteroatoms. The van der Waals surface area contributed by atoms with Crippen LogP contribution in [0.4, 0.5) is 0 Å². The molecule has 0 aliphatic heterocycles. The molecule has 2 aromatic heterocycles. The van der Waals surface area contributed by atoms with Crippen molar-refractivity contribution in [3.05, 3.63) is 40.8 Å². The van der Waals surface area contributed by atoms with Crippen LogP contribution in [0.3, 0.4) is 0 Å². The average molecular weight is 281 g/mol. The summed E-state index contributed by atoms with van der Waals surface area (Å²) in [5.74, 6) is 0.357. The number of pyridine rings is 1. The SMILES string of the molecule is CC(C)c1cc(C(=O)NCc2ncon2)cc(Cl)n1. The topological polar surface area (TPSA) is 80.9 Å². The van der Waals surface area contributed by atoms with E-state index in [-0.39, 0.29) is 18.4 Å². The fourth-order valence-electron chi connectivity index (χ4n) is 1.48. The first-order chi connectivity index (χ1) is 9.06. The smallest absolute Gasteiger partial charge is 0.251 e. The highest BCUT2D eigenvalue weighted by atomic mass is 35.5. The van der Waals surface area contributed by atoms with Crippen molar-refractivity contribution in [1.29, 1.82) is 0 Å². The van der Waals surface area contributed by atoms with Gasteiger partial charge < -0.3 is 9.84 Å². The van der Waals surface area contributed by atoms with E-state index in [0.717, 1.165) is 5.69 Å². The first-order valence-corrected chi connectivity index (χ1v) is 6.15. The van der Waals surface area contributed by atoms with Gasteiger partial charge in [0.15, 0.2) is 5.82 Å². The van der Waals surface area contributed by atoms with Crippen LogP contribution in [0.25, 0.3) is 0 Å². The molecule has 19 heavy (non-hydrogen) atoms. The van der Waals surface area contributed by atoms with Crippen molar-refractivity contribution in [3.8, 4) is 0 Å². The summed E-state index contributed by atoms with van der Waals surface area (Å²) in [4.78, 5) is 20.0. The molecule has 0 saturated heterocycles. The van der Waals surface area contributed by atoms with Gasteiger partial charge in [0.05, 0.1) is 6.54 Å². The van der Waals surface area contributed by atoms with E-state index in [2.05, 4.69) is 25.0 Å². The van der Waals surface area contributed by atoms with Crippen molar-refractivity contribution in [2.45, 2.75) is 26.3 Å². The van der Waals surface area contributed by atoms with E-state index in [1.165, 1.54) is 12.5 Å². The highest BCUT2D eigenvalue weighted by Crippen LogP contribution is 2.17. The summed E-state index contributed by atoms with van der Waals surface area (Å²) in [6.45, 7) is 4.17. The van der Waals surface area contributed by atoms with Crippen LogP contribution in [-0.4, -0.2) is 21.0 Å². The molecular weight excluding hydrogens is 268 g/mol. The maximum absolute atomic E-state index is 12.0. The zero-order chi connectivity index (χ0) is 13.8. The Morgan fingerprint density at radius 3 is 2.89 bits per heavy atom. The molecule has 2 aromatic rings. The predicted molar refractivity (Wildman–Crippen MR) is 68.8 cm³/mol. The third-order valence-corrected chi connectivity index (χ3v) is 2.68. The maximum Gasteiger partial charge on any atom is 0.251 e. The molecule has 0 saturated carbocycles. The van der Waals surface area contributed by atoms with Gasteiger partial charge in [-0.05, 0) is 18.1 Å². The number of hydrogen-bond acceptors (Lipinski definition) is 5. The van der Waals surface area contributed by atoms with Crippen molar-refractivity contribution in [1.82, 2.24) is 20.4 Å². The minimum Gasteiger partial charge on any atom is -0.345 e. The van der Waals surface area contributed by atoms with Crippen LogP contribution >= 0.6 is 11.6 Å². The number of carbonyl (C=O) groups excluding carboxylic acids is 1. The summed E-state index contributed by atoms with van der Waals surface area (Å²) >= 11 is 5.91. The molecule has 0 fully saturated rings. The molecule has 2 rings (SSSR count). The number of nitrogens with zero attached hydrogens (tertiary/aromatic N) is 3. The Hall–Kier alpha value is -1.95. The minimum absolute atomic E-state index is 0.197. The summed E-state index contributed by atoms with van der Waals surface area (Å²) < 4.78 is 4.58. The molecule has 0 aliphatic carbocycles. The fourth-order valence-corrected chi connectivity index (χ4v) is 1.69. The molecule has 1 amide bonds. The Balaban J connectivity index is 2.10. The second-order valence-electron chi connectivity index (χ2n) is 4.29. The predicted octanol–water partition coefficient (Wildman–Crippen LogP) is 2.17. The van der Waals surface area contributed by atoms with E-state index in [4.69, 9.17) is 11.6 Å². The van der Waals surface area contributed by atoms with Gasteiger partial charge in [0.2, 0.25) is 6.39 Å². The standard InChI is InChI=1S/C12H13ClN4O2/c1-7(2)9-3-8(4-10(13)16-9)12(18)14-5-11-15-6-19-17-11/h3-4,6-7H,5H2,1-2H3,(H,14,18). The maximum atomic E-state index is 12.0. The number of rotatable bonds is 4. The van der Waals surface area contributed by atoms with Crippen molar-refractivity contribution < 1.29 is 9.32 Å². The van der Waals surface area contributed by atoms with Crippen molar-refractivity contribution in [2.24, 2.45) is 0 Å². The number of carbonyl (C=O) groups is 1. The first kappa shape index (κ1) is 13.5. The number of amides is 1. The molecule has 0 spiro atoms. The quantitative estimate of drug-likeness (QED) is 0.868. The van der Waals surface area contributed by atoms with Gasteiger partial charge in [0, 0.05) is 11.3 Å². The molecule has 0 bridgehead atoms. The average Bonchev–Trinajstić information content (AvgIpc) is 2.88. The van der Waals surface area contributed by atoms with E-state index >= 15 is 0 Å². The van der Waals surface area contributed by atoms with Crippen LogP contribution in [0, 0.1) is 0 Å². The Bertz CT molecular complexity index is 569. The van der Waals surface area contributed by atoms with E-state index in [9.17, 15) is 4.79 Å². The zero-order valence-corrected chi connectivity index (χ0v) is 11.3. The molecule has 0 aliphatic rings. The van der Waals surface area contributed by atoms with Crippen LogP contribution in [0.5, 0.6) is 0 Å². The summed E-state index contributed by atoms with van der Waals surface area (Å²) in [7, 11) is 0. The minimum atomic E-state index is -0.254. The Kier molecular flexibility index (Phi) is 4.11. The molecule has 0 atom stereocenters. The number of aromatic nitrogens is 3. The van der Waals surface area contributed by atoms with Gasteiger partial charge >= 0.3 is 0 Å². The zero-order valence-electron chi connectivity index (χ0n) is 10.6. The van der Waals surface area contributed by atoms with Gasteiger partial charge in [0.1, 0.15) is 5.15 Å². The fraction of sp³-hybridized carbons (Fsp3) is 0.333. The molecule has 0 unspecified atom stereocenters. The van der Waals surface area contributed by atoms with E-state index in [1.54, 1.807) is 6.07 Å². The lowest BCUT2D eigenvalue weighted by molar-refractivity contribution is 0.0949. The van der Waals surface area contributed by atoms with Gasteiger partial charge in [-0.25, -0.2) is 4.98 Å². The van der Waals surface area contributed by atoms with E-state index < -0.39 is 0 Å². The molecule has 0 radical (unpaired) electrons. The summed E-state index contributed by atoms with van der Waals surface area (Å²) in [5.41, 5.74) is 1.24. The second-order valence-corrected chi connectivity index (χ2v) is 4.68. The first-order valence-electron chi connectivity index (χ1n) is 5.77. The van der Waals surface area contributed by atoms with Gasteiger partial charge in [-0.3, -0.25) is 4.79 Å². The van der Waals surface area contributed by atoms with Crippen molar-refractivity contribution in [3.63, 3.8) is 0 Å². The lowest BCUT2D eigenvalue weighted by Gasteiger charge is -2.08. The number of hydrogen-bond donors (Lipinski definition) is 1. The third-order valence-electron chi connectivity index (χ3n) is 2.48. The highest BCUT2D eigenvalue weighted by molar-refractivity contribution is 6.29. The molecule has 100 valence electrons. The largest absolute Gasteiger partial charge is 0.345 e. The van der Waals surface area contributed by atoms with Gasteiger partial charge in [0.25, 0.3) is 5.91 Å². The molecular formula is C12H13ClN4O2. The van der Waals surface area contributed by atoms with Crippen LogP contribution < -0.4 is 5.32 Å². The Morgan fingerprint density at radius 2 is 2.26 bits per heavy atom. The van der Waals surface area contributed by atoms with Gasteiger partial charge in [-0.2, -0.15) is 4.98 Å². The molecule has 6 nitrogen and oxygen atoms in total. The highest BCUT2D eigenvalue weighted by Gasteiger charge is 2.11.